The van der Waals surface area contributed by atoms with E-state index in [0.717, 1.165) is 0 Å². The molecular formula is C15H4F16N2S. The van der Waals surface area contributed by atoms with E-state index in [-0.39, 0.29) is 12.1 Å². The number of thioether (sulfide) groups is 1. The molecule has 1 aliphatic heterocycles. The van der Waals surface area contributed by atoms with Crippen molar-refractivity contribution in [1.82, 2.24) is 0 Å². The van der Waals surface area contributed by atoms with Gasteiger partial charge in [-0.1, -0.05) is 11.8 Å². The Morgan fingerprint density at radius 3 is 1.65 bits per heavy atom. The molecule has 0 bridgehead atoms. The first-order valence-corrected chi connectivity index (χ1v) is 8.68. The fourth-order valence-corrected chi connectivity index (χ4v) is 3.67. The van der Waals surface area contributed by atoms with E-state index in [1.165, 1.54) is 5.32 Å². The lowest BCUT2D eigenvalue weighted by molar-refractivity contribution is -0.280. The molecule has 0 atom stereocenters. The van der Waals surface area contributed by atoms with Crippen molar-refractivity contribution in [3.8, 4) is 0 Å². The van der Waals surface area contributed by atoms with Crippen molar-refractivity contribution in [1.29, 1.82) is 0 Å². The van der Waals surface area contributed by atoms with Gasteiger partial charge in [-0.3, -0.25) is 0 Å². The van der Waals surface area contributed by atoms with Crippen LogP contribution in [0.25, 0.3) is 0 Å². The smallest absolute Gasteiger partial charge is 0.334 e. The van der Waals surface area contributed by atoms with Gasteiger partial charge in [0.1, 0.15) is 0 Å². The molecule has 19 heteroatoms. The van der Waals surface area contributed by atoms with Crippen LogP contribution in [0.5, 0.6) is 0 Å². The van der Waals surface area contributed by atoms with Crippen LogP contribution >= 0.6 is 11.8 Å². The van der Waals surface area contributed by atoms with Crippen LogP contribution in [-0.2, 0) is 12.4 Å². The zero-order valence-corrected chi connectivity index (χ0v) is 16.0. The number of alkyl halides is 15. The van der Waals surface area contributed by atoms with Crippen LogP contribution in [0.15, 0.2) is 33.9 Å². The maximum absolute atomic E-state index is 13.7. The molecular weight excluding hydrogens is 544 g/mol. The Morgan fingerprint density at radius 1 is 0.765 bits per heavy atom. The zero-order chi connectivity index (χ0) is 26.7. The number of amidine groups is 1. The van der Waals surface area contributed by atoms with Crippen molar-refractivity contribution in [2.45, 2.75) is 36.4 Å². The topological polar surface area (TPSA) is 24.4 Å². The standard InChI is InChI=1S/C15H4F16N2S/c16-7(13(23,24)25)8-10(14(26,27)28,15(29,30)31)33-9(34-8)32-6-2-1-4(11(17,18)19)3-5(6)12(20,21)22/h1-3H,(H,32,33). The van der Waals surface area contributed by atoms with E-state index < -0.39 is 87.0 Å². The second-order valence-electron chi connectivity index (χ2n) is 6.25. The molecule has 0 unspecified atom stereocenters. The van der Waals surface area contributed by atoms with Gasteiger partial charge in [0.15, 0.2) is 5.17 Å². The third-order valence-electron chi connectivity index (χ3n) is 3.96. The molecule has 192 valence electrons. The number of rotatable bonds is 1. The largest absolute Gasteiger partial charge is 0.443 e. The second-order valence-corrected chi connectivity index (χ2v) is 7.25. The Bertz CT molecular complexity index is 992. The minimum atomic E-state index is -6.77. The Balaban J connectivity index is 2.76. The molecule has 1 aromatic rings. The van der Waals surface area contributed by atoms with Crippen molar-refractivity contribution >= 4 is 22.6 Å². The minimum Gasteiger partial charge on any atom is -0.334 e. The first kappa shape index (κ1) is 27.9. The summed E-state index contributed by atoms with van der Waals surface area (Å²) in [6.07, 6.45) is -31.0. The quantitative estimate of drug-likeness (QED) is 0.362. The van der Waals surface area contributed by atoms with Crippen LogP contribution in [0.2, 0.25) is 0 Å². The molecule has 1 aliphatic rings. The highest BCUT2D eigenvalue weighted by Gasteiger charge is 2.77. The molecule has 0 fully saturated rings. The maximum Gasteiger partial charge on any atom is 0.443 e. The van der Waals surface area contributed by atoms with E-state index in [1.54, 1.807) is 0 Å². The van der Waals surface area contributed by atoms with Crippen LogP contribution in [0.4, 0.5) is 75.9 Å². The van der Waals surface area contributed by atoms with Crippen LogP contribution in [0.3, 0.4) is 0 Å². The highest BCUT2D eigenvalue weighted by Crippen LogP contribution is 2.59. The molecule has 34 heavy (non-hydrogen) atoms. The van der Waals surface area contributed by atoms with Crippen molar-refractivity contribution in [2.75, 3.05) is 5.32 Å². The number of anilines is 1. The summed E-state index contributed by atoms with van der Waals surface area (Å²) >= 11 is -1.28. The number of hydrogen-bond acceptors (Lipinski definition) is 3. The molecule has 0 saturated heterocycles. The lowest BCUT2D eigenvalue weighted by Crippen LogP contribution is -2.55. The summed E-state index contributed by atoms with van der Waals surface area (Å²) < 4.78 is 209. The molecule has 0 saturated carbocycles. The number of benzene rings is 1. The van der Waals surface area contributed by atoms with E-state index in [1.807, 2.05) is 4.99 Å². The molecule has 2 rings (SSSR count). The van der Waals surface area contributed by atoms with Crippen molar-refractivity contribution in [3.05, 3.63) is 40.1 Å². The number of nitrogens with zero attached hydrogens (tertiary/aromatic N) is 1. The average Bonchev–Trinajstić information content (AvgIpc) is 2.99. The number of halogens is 16. The van der Waals surface area contributed by atoms with Crippen molar-refractivity contribution in [3.63, 3.8) is 0 Å². The number of aliphatic imine (C=N–C) groups is 1. The molecule has 1 N–H and O–H groups in total. The molecule has 2 nitrogen and oxygen atoms in total. The summed E-state index contributed by atoms with van der Waals surface area (Å²) in [7, 11) is 0. The van der Waals surface area contributed by atoms with E-state index >= 15 is 0 Å². The van der Waals surface area contributed by atoms with Gasteiger partial charge in [-0.05, 0) is 18.2 Å². The maximum atomic E-state index is 13.7. The van der Waals surface area contributed by atoms with Crippen LogP contribution in [0, 0.1) is 0 Å². The lowest BCUT2D eigenvalue weighted by atomic mass is 9.97. The van der Waals surface area contributed by atoms with Crippen molar-refractivity contribution in [2.24, 2.45) is 4.99 Å². The van der Waals surface area contributed by atoms with Crippen LogP contribution < -0.4 is 5.32 Å². The fourth-order valence-electron chi connectivity index (χ4n) is 2.51. The van der Waals surface area contributed by atoms with Gasteiger partial charge in [0.05, 0.1) is 21.7 Å². The second kappa shape index (κ2) is 8.11. The minimum absolute atomic E-state index is 0.0500. The predicted molar refractivity (Wildman–Crippen MR) is 84.1 cm³/mol. The van der Waals surface area contributed by atoms with E-state index in [9.17, 15) is 70.2 Å². The summed E-state index contributed by atoms with van der Waals surface area (Å²) in [5.74, 6) is -3.88. The van der Waals surface area contributed by atoms with Gasteiger partial charge in [0.2, 0.25) is 5.83 Å². The predicted octanol–water partition coefficient (Wildman–Crippen LogP) is 7.85. The third-order valence-corrected chi connectivity index (χ3v) is 5.02. The van der Waals surface area contributed by atoms with Gasteiger partial charge < -0.3 is 5.32 Å². The molecule has 0 spiro atoms. The first-order chi connectivity index (χ1) is 14.9. The van der Waals surface area contributed by atoms with E-state index in [2.05, 4.69) is 0 Å². The summed E-state index contributed by atoms with van der Waals surface area (Å²) in [5, 5.41) is -0.762. The zero-order valence-electron chi connectivity index (χ0n) is 15.1. The van der Waals surface area contributed by atoms with Crippen LogP contribution in [-0.4, -0.2) is 29.2 Å². The Morgan fingerprint density at radius 2 is 1.26 bits per heavy atom. The number of allylic oxidation sites excluding steroid dienone is 1. The van der Waals surface area contributed by atoms with Crippen molar-refractivity contribution < 1.29 is 70.2 Å². The summed E-state index contributed by atoms with van der Waals surface area (Å²) in [6, 6.07) is -0.665. The van der Waals surface area contributed by atoms with Gasteiger partial charge in [-0.25, -0.2) is 9.38 Å². The molecule has 1 aromatic carbocycles. The monoisotopic (exact) mass is 548 g/mol. The SMILES string of the molecule is FC(=C1SC(Nc2ccc(C(F)(F)F)cc2C(F)(F)F)=NC1(C(F)(F)F)C(F)(F)F)C(F)(F)F. The molecule has 0 amide bonds. The Labute approximate surface area is 180 Å². The van der Waals surface area contributed by atoms with Gasteiger partial charge >= 0.3 is 30.9 Å². The van der Waals surface area contributed by atoms with Gasteiger partial charge in [-0.15, -0.1) is 0 Å². The molecule has 0 radical (unpaired) electrons. The molecule has 0 aromatic heterocycles. The van der Waals surface area contributed by atoms with E-state index in [4.69, 9.17) is 0 Å². The third kappa shape index (κ3) is 5.02. The van der Waals surface area contributed by atoms with E-state index in [0.29, 0.717) is 0 Å². The highest BCUT2D eigenvalue weighted by molar-refractivity contribution is 8.17. The van der Waals surface area contributed by atoms with Gasteiger partial charge in [0.25, 0.3) is 5.54 Å². The Hall–Kier alpha value is -2.34. The van der Waals surface area contributed by atoms with Gasteiger partial charge in [0, 0.05) is 0 Å². The molecule has 0 aliphatic carbocycles. The fraction of sp³-hybridized carbons (Fsp3) is 0.400. The summed E-state index contributed by atoms with van der Waals surface area (Å²) in [5.41, 5.74) is -11.6. The first-order valence-electron chi connectivity index (χ1n) is 7.87. The summed E-state index contributed by atoms with van der Waals surface area (Å²) in [4.78, 5) is -1.10. The number of nitrogens with one attached hydrogen (secondary N) is 1. The highest BCUT2D eigenvalue weighted by atomic mass is 32.2. The lowest BCUT2D eigenvalue weighted by Gasteiger charge is -2.31. The molecule has 1 heterocycles. The number of hydrogen-bond donors (Lipinski definition) is 1. The van der Waals surface area contributed by atoms with Crippen LogP contribution in [0.1, 0.15) is 11.1 Å². The summed E-state index contributed by atoms with van der Waals surface area (Å²) in [6.45, 7) is 0. The average molecular weight is 548 g/mol. The Kier molecular flexibility index (Phi) is 6.66. The normalized spacial score (nSPS) is 19.2. The van der Waals surface area contributed by atoms with Gasteiger partial charge in [-0.2, -0.15) is 65.9 Å².